The summed E-state index contributed by atoms with van der Waals surface area (Å²) in [4.78, 5) is 6.45. The molecule has 2 rings (SSSR count). The van der Waals surface area contributed by atoms with E-state index in [0.717, 1.165) is 43.2 Å². The molecule has 0 amide bonds. The van der Waals surface area contributed by atoms with E-state index in [9.17, 15) is 4.39 Å². The average molecular weight is 303 g/mol. The average Bonchev–Trinajstić information content (AvgIpc) is 2.51. The van der Waals surface area contributed by atoms with E-state index in [1.165, 1.54) is 6.07 Å². The van der Waals surface area contributed by atoms with Crippen molar-refractivity contribution in [2.24, 2.45) is 0 Å². The molecule has 1 aromatic carbocycles. The molecule has 1 atom stereocenters. The number of hydrogen-bond acceptors (Lipinski definition) is 3. The van der Waals surface area contributed by atoms with E-state index in [1.54, 1.807) is 0 Å². The van der Waals surface area contributed by atoms with Crippen LogP contribution in [0.4, 0.5) is 10.2 Å². The molecule has 120 valence electrons. The summed E-state index contributed by atoms with van der Waals surface area (Å²) in [6, 6.07) is 9.51. The number of nitrogens with one attached hydrogen (secondary N) is 1. The van der Waals surface area contributed by atoms with Gasteiger partial charge in [0.1, 0.15) is 5.82 Å². The highest BCUT2D eigenvalue weighted by Crippen LogP contribution is 2.23. The van der Waals surface area contributed by atoms with Crippen LogP contribution in [0.25, 0.3) is 10.8 Å². The number of halogens is 1. The lowest BCUT2D eigenvalue weighted by molar-refractivity contribution is 0.295. The molecule has 2 aromatic rings. The molecule has 0 fully saturated rings. The fourth-order valence-electron chi connectivity index (χ4n) is 2.74. The third-order valence-corrected chi connectivity index (χ3v) is 4.10. The highest BCUT2D eigenvalue weighted by atomic mass is 19.1. The first-order chi connectivity index (χ1) is 10.6. The van der Waals surface area contributed by atoms with Crippen molar-refractivity contribution in [3.05, 3.63) is 36.3 Å². The predicted octanol–water partition coefficient (Wildman–Crippen LogP) is 4.30. The fraction of sp³-hybridized carbons (Fsp3) is 0.500. The number of anilines is 1. The quantitative estimate of drug-likeness (QED) is 0.737. The standard InChI is InChI=1S/C18H26FN3/c1-4-22(5-2)12-8-9-14(3)20-18-16-11-7-6-10-15(16)13-17(19)21-18/h6-7,10-11,13-14H,4-5,8-9,12H2,1-3H3,(H,20,21)/t14-/m0/s1. The maximum absolute atomic E-state index is 13.6. The topological polar surface area (TPSA) is 28.2 Å². The van der Waals surface area contributed by atoms with Gasteiger partial charge in [0.15, 0.2) is 0 Å². The van der Waals surface area contributed by atoms with E-state index >= 15 is 0 Å². The SMILES string of the molecule is CCN(CC)CCC[C@H](C)Nc1nc(F)cc2ccccc12. The number of nitrogens with zero attached hydrogens (tertiary/aromatic N) is 2. The summed E-state index contributed by atoms with van der Waals surface area (Å²) in [5, 5.41) is 5.22. The second-order valence-corrected chi connectivity index (χ2v) is 5.73. The first-order valence-electron chi connectivity index (χ1n) is 8.18. The Morgan fingerprint density at radius 2 is 1.95 bits per heavy atom. The summed E-state index contributed by atoms with van der Waals surface area (Å²) in [6.45, 7) is 9.80. The zero-order chi connectivity index (χ0) is 15.9. The van der Waals surface area contributed by atoms with Crippen molar-refractivity contribution in [3.63, 3.8) is 0 Å². The molecule has 0 radical (unpaired) electrons. The van der Waals surface area contributed by atoms with Crippen LogP contribution in [0, 0.1) is 5.95 Å². The largest absolute Gasteiger partial charge is 0.367 e. The first-order valence-corrected chi connectivity index (χ1v) is 8.18. The molecule has 0 unspecified atom stereocenters. The van der Waals surface area contributed by atoms with Gasteiger partial charge in [-0.05, 0) is 44.8 Å². The minimum absolute atomic E-state index is 0.272. The summed E-state index contributed by atoms with van der Waals surface area (Å²) in [6.07, 6.45) is 2.17. The first kappa shape index (κ1) is 16.7. The number of hydrogen-bond donors (Lipinski definition) is 1. The third-order valence-electron chi connectivity index (χ3n) is 4.10. The van der Waals surface area contributed by atoms with Gasteiger partial charge in [0.05, 0.1) is 0 Å². The Hall–Kier alpha value is -1.68. The molecule has 0 saturated heterocycles. The van der Waals surface area contributed by atoms with Crippen LogP contribution < -0.4 is 5.32 Å². The van der Waals surface area contributed by atoms with Crippen molar-refractivity contribution >= 4 is 16.6 Å². The lowest BCUT2D eigenvalue weighted by atomic mass is 10.1. The summed E-state index contributed by atoms with van der Waals surface area (Å²) >= 11 is 0. The fourth-order valence-corrected chi connectivity index (χ4v) is 2.74. The molecule has 0 spiro atoms. The van der Waals surface area contributed by atoms with Crippen LogP contribution in [0.1, 0.15) is 33.6 Å². The Morgan fingerprint density at radius 1 is 1.23 bits per heavy atom. The lowest BCUT2D eigenvalue weighted by Gasteiger charge is -2.20. The Labute approximate surface area is 132 Å². The van der Waals surface area contributed by atoms with Crippen molar-refractivity contribution in [2.75, 3.05) is 25.0 Å². The number of pyridine rings is 1. The predicted molar refractivity (Wildman–Crippen MR) is 91.8 cm³/mol. The van der Waals surface area contributed by atoms with Crippen molar-refractivity contribution in [1.82, 2.24) is 9.88 Å². The minimum atomic E-state index is -0.434. The molecule has 3 nitrogen and oxygen atoms in total. The maximum Gasteiger partial charge on any atom is 0.215 e. The van der Waals surface area contributed by atoms with Crippen molar-refractivity contribution in [2.45, 2.75) is 39.7 Å². The van der Waals surface area contributed by atoms with Crippen LogP contribution in [-0.2, 0) is 0 Å². The zero-order valence-electron chi connectivity index (χ0n) is 13.8. The van der Waals surface area contributed by atoms with Crippen molar-refractivity contribution < 1.29 is 4.39 Å². The van der Waals surface area contributed by atoms with Gasteiger partial charge in [-0.1, -0.05) is 38.1 Å². The van der Waals surface area contributed by atoms with Crippen LogP contribution in [-0.4, -0.2) is 35.6 Å². The normalized spacial score (nSPS) is 12.8. The number of fused-ring (bicyclic) bond motifs is 1. The van der Waals surface area contributed by atoms with Gasteiger partial charge in [-0.25, -0.2) is 4.98 Å². The Kier molecular flexibility index (Phi) is 6.13. The van der Waals surface area contributed by atoms with E-state index in [2.05, 4.69) is 36.0 Å². The molecule has 0 saturated carbocycles. The van der Waals surface area contributed by atoms with Crippen molar-refractivity contribution in [1.29, 1.82) is 0 Å². The number of benzene rings is 1. The smallest absolute Gasteiger partial charge is 0.215 e. The van der Waals surface area contributed by atoms with Gasteiger partial charge in [-0.2, -0.15) is 4.39 Å². The lowest BCUT2D eigenvalue weighted by Crippen LogP contribution is -2.25. The second kappa shape index (κ2) is 8.08. The van der Waals surface area contributed by atoms with E-state index in [4.69, 9.17) is 0 Å². The van der Waals surface area contributed by atoms with Gasteiger partial charge in [0, 0.05) is 17.5 Å². The highest BCUT2D eigenvalue weighted by Gasteiger charge is 2.09. The van der Waals surface area contributed by atoms with Crippen LogP contribution in [0.5, 0.6) is 0 Å². The summed E-state index contributed by atoms with van der Waals surface area (Å²) in [5.41, 5.74) is 0. The molecular formula is C18H26FN3. The molecule has 0 aliphatic heterocycles. The Balaban J connectivity index is 1.98. The van der Waals surface area contributed by atoms with Gasteiger partial charge in [0.25, 0.3) is 0 Å². The number of aromatic nitrogens is 1. The second-order valence-electron chi connectivity index (χ2n) is 5.73. The van der Waals surface area contributed by atoms with Crippen molar-refractivity contribution in [3.8, 4) is 0 Å². The highest BCUT2D eigenvalue weighted by molar-refractivity contribution is 5.91. The van der Waals surface area contributed by atoms with Gasteiger partial charge in [-0.3, -0.25) is 0 Å². The maximum atomic E-state index is 13.6. The summed E-state index contributed by atoms with van der Waals surface area (Å²) in [5.74, 6) is 0.211. The zero-order valence-corrected chi connectivity index (χ0v) is 13.8. The van der Waals surface area contributed by atoms with Gasteiger partial charge in [-0.15, -0.1) is 0 Å². The molecule has 0 aliphatic carbocycles. The molecular weight excluding hydrogens is 277 g/mol. The van der Waals surface area contributed by atoms with E-state index in [-0.39, 0.29) is 6.04 Å². The molecule has 0 bridgehead atoms. The van der Waals surface area contributed by atoms with Crippen LogP contribution in [0.3, 0.4) is 0 Å². The minimum Gasteiger partial charge on any atom is -0.367 e. The van der Waals surface area contributed by atoms with Gasteiger partial charge in [0.2, 0.25) is 5.95 Å². The monoisotopic (exact) mass is 303 g/mol. The van der Waals surface area contributed by atoms with E-state index < -0.39 is 5.95 Å². The molecule has 1 N–H and O–H groups in total. The van der Waals surface area contributed by atoms with Gasteiger partial charge >= 0.3 is 0 Å². The molecule has 0 aliphatic rings. The van der Waals surface area contributed by atoms with E-state index in [0.29, 0.717) is 5.82 Å². The molecule has 1 aromatic heterocycles. The molecule has 1 heterocycles. The number of rotatable bonds is 8. The summed E-state index contributed by atoms with van der Waals surface area (Å²) in [7, 11) is 0. The summed E-state index contributed by atoms with van der Waals surface area (Å²) < 4.78 is 13.6. The van der Waals surface area contributed by atoms with E-state index in [1.807, 2.05) is 24.3 Å². The van der Waals surface area contributed by atoms with Crippen LogP contribution in [0.15, 0.2) is 30.3 Å². The molecule has 22 heavy (non-hydrogen) atoms. The van der Waals surface area contributed by atoms with Crippen LogP contribution >= 0.6 is 0 Å². The Bertz CT molecular complexity index is 596. The third kappa shape index (κ3) is 4.41. The van der Waals surface area contributed by atoms with Crippen LogP contribution in [0.2, 0.25) is 0 Å². The van der Waals surface area contributed by atoms with Gasteiger partial charge < -0.3 is 10.2 Å². The Morgan fingerprint density at radius 3 is 2.68 bits per heavy atom. The molecule has 4 heteroatoms.